The second-order valence-electron chi connectivity index (χ2n) is 5.04. The van der Waals surface area contributed by atoms with Gasteiger partial charge in [0.1, 0.15) is 17.7 Å². The fourth-order valence-corrected chi connectivity index (χ4v) is 2.09. The summed E-state index contributed by atoms with van der Waals surface area (Å²) in [5.74, 6) is 1.92. The zero-order valence-electron chi connectivity index (χ0n) is 13.1. The van der Waals surface area contributed by atoms with Gasteiger partial charge >= 0.3 is 0 Å². The Labute approximate surface area is 139 Å². The van der Waals surface area contributed by atoms with Crippen molar-refractivity contribution in [3.63, 3.8) is 0 Å². The number of pyridine rings is 1. The molecule has 3 aromatic rings. The van der Waals surface area contributed by atoms with Crippen LogP contribution in [0.2, 0.25) is 0 Å². The molecule has 8 nitrogen and oxygen atoms in total. The third-order valence-electron chi connectivity index (χ3n) is 3.26. The van der Waals surface area contributed by atoms with Gasteiger partial charge in [0.05, 0.1) is 11.3 Å². The maximum atomic E-state index is 9.00. The van der Waals surface area contributed by atoms with Crippen LogP contribution in [0.25, 0.3) is 5.82 Å². The maximum absolute atomic E-state index is 9.00. The number of nitriles is 1. The van der Waals surface area contributed by atoms with Gasteiger partial charge in [0, 0.05) is 25.5 Å². The molecule has 0 atom stereocenters. The highest BCUT2D eigenvalue weighted by Crippen LogP contribution is 2.09. The predicted molar refractivity (Wildman–Crippen MR) is 89.8 cm³/mol. The average Bonchev–Trinajstić information content (AvgIpc) is 3.06. The lowest BCUT2D eigenvalue weighted by Crippen LogP contribution is -2.16. The molecule has 3 aromatic heterocycles. The average molecular weight is 320 g/mol. The number of nitrogens with zero attached hydrogens (tertiary/aromatic N) is 6. The van der Waals surface area contributed by atoms with E-state index in [2.05, 4.69) is 37.0 Å². The van der Waals surface area contributed by atoms with Crippen LogP contribution in [0, 0.1) is 18.3 Å². The summed E-state index contributed by atoms with van der Waals surface area (Å²) in [6, 6.07) is 11.2. The summed E-state index contributed by atoms with van der Waals surface area (Å²) in [5.41, 5.74) is 1.45. The van der Waals surface area contributed by atoms with Crippen LogP contribution in [0.3, 0.4) is 0 Å². The minimum atomic E-state index is 0.524. The fourth-order valence-electron chi connectivity index (χ4n) is 2.09. The first-order valence-electron chi connectivity index (χ1n) is 7.45. The van der Waals surface area contributed by atoms with Crippen molar-refractivity contribution in [2.24, 2.45) is 0 Å². The quantitative estimate of drug-likeness (QED) is 0.667. The van der Waals surface area contributed by atoms with E-state index in [1.54, 1.807) is 23.0 Å². The minimum absolute atomic E-state index is 0.524. The van der Waals surface area contributed by atoms with Crippen LogP contribution in [-0.4, -0.2) is 38.1 Å². The van der Waals surface area contributed by atoms with E-state index >= 15 is 0 Å². The summed E-state index contributed by atoms with van der Waals surface area (Å²) in [7, 11) is 0. The molecule has 0 unspecified atom stereocenters. The van der Waals surface area contributed by atoms with Gasteiger partial charge in [0.15, 0.2) is 5.82 Å². The van der Waals surface area contributed by atoms with Gasteiger partial charge in [-0.2, -0.15) is 10.4 Å². The van der Waals surface area contributed by atoms with Gasteiger partial charge < -0.3 is 10.6 Å². The molecule has 120 valence electrons. The van der Waals surface area contributed by atoms with E-state index in [9.17, 15) is 0 Å². The second-order valence-corrected chi connectivity index (χ2v) is 5.04. The number of hydrogen-bond acceptors (Lipinski definition) is 7. The number of nitrogens with one attached hydrogen (secondary N) is 2. The largest absolute Gasteiger partial charge is 0.367 e. The molecular formula is C16H16N8. The number of hydrogen-bond donors (Lipinski definition) is 2. The molecule has 0 bridgehead atoms. The first-order valence-corrected chi connectivity index (χ1v) is 7.45. The van der Waals surface area contributed by atoms with Gasteiger partial charge in [-0.25, -0.2) is 9.67 Å². The van der Waals surface area contributed by atoms with E-state index in [1.165, 1.54) is 0 Å². The molecule has 0 saturated carbocycles. The first-order chi connectivity index (χ1) is 11.8. The molecule has 0 aliphatic carbocycles. The van der Waals surface area contributed by atoms with E-state index < -0.39 is 0 Å². The van der Waals surface area contributed by atoms with E-state index in [1.807, 2.05) is 31.3 Å². The highest BCUT2D eigenvalue weighted by Gasteiger charge is 2.03. The van der Waals surface area contributed by atoms with Crippen molar-refractivity contribution in [1.29, 1.82) is 5.26 Å². The van der Waals surface area contributed by atoms with Crippen LogP contribution in [0.15, 0.2) is 42.7 Å². The molecule has 2 N–H and O–H groups in total. The van der Waals surface area contributed by atoms with E-state index in [-0.39, 0.29) is 0 Å². The van der Waals surface area contributed by atoms with Gasteiger partial charge in [-0.15, -0.1) is 10.2 Å². The summed E-state index contributed by atoms with van der Waals surface area (Å²) in [5, 5.41) is 27.8. The van der Waals surface area contributed by atoms with Gasteiger partial charge in [0.2, 0.25) is 0 Å². The molecule has 0 aromatic carbocycles. The second kappa shape index (κ2) is 7.19. The monoisotopic (exact) mass is 320 g/mol. The van der Waals surface area contributed by atoms with Crippen molar-refractivity contribution in [3.8, 4) is 11.9 Å². The number of rotatable bonds is 6. The van der Waals surface area contributed by atoms with Gasteiger partial charge in [-0.05, 0) is 37.3 Å². The molecule has 0 saturated heterocycles. The Morgan fingerprint density at radius 1 is 1.12 bits per heavy atom. The predicted octanol–water partition coefficient (Wildman–Crippen LogP) is 1.76. The Morgan fingerprint density at radius 2 is 2.00 bits per heavy atom. The molecule has 3 rings (SSSR count). The summed E-state index contributed by atoms with van der Waals surface area (Å²) >= 11 is 0. The molecule has 0 fully saturated rings. The van der Waals surface area contributed by atoms with Crippen molar-refractivity contribution in [2.45, 2.75) is 6.92 Å². The van der Waals surface area contributed by atoms with Crippen LogP contribution >= 0.6 is 0 Å². The van der Waals surface area contributed by atoms with E-state index in [0.717, 1.165) is 5.69 Å². The standard InChI is InChI=1S/C16H16N8/c1-12-6-10-24(23-12)15-5-4-14(21-22-15)18-8-9-20-16-13(11-17)3-2-7-19-16/h2-7,10H,8-9H2,1H3,(H,18,21)(H,19,20). The number of anilines is 2. The van der Waals surface area contributed by atoms with Crippen LogP contribution in [0.4, 0.5) is 11.6 Å². The Hall–Kier alpha value is -3.47. The van der Waals surface area contributed by atoms with Crippen LogP contribution < -0.4 is 10.6 Å². The lowest BCUT2D eigenvalue weighted by Gasteiger charge is -2.08. The Morgan fingerprint density at radius 3 is 2.71 bits per heavy atom. The Kier molecular flexibility index (Phi) is 4.62. The zero-order chi connectivity index (χ0) is 16.8. The number of aryl methyl sites for hydroxylation is 1. The van der Waals surface area contributed by atoms with Crippen molar-refractivity contribution < 1.29 is 0 Å². The van der Waals surface area contributed by atoms with Crippen molar-refractivity contribution in [2.75, 3.05) is 23.7 Å². The highest BCUT2D eigenvalue weighted by atomic mass is 15.3. The summed E-state index contributed by atoms with van der Waals surface area (Å²) < 4.78 is 1.68. The van der Waals surface area contributed by atoms with E-state index in [0.29, 0.717) is 36.1 Å². The smallest absolute Gasteiger partial charge is 0.175 e. The molecule has 24 heavy (non-hydrogen) atoms. The molecule has 0 amide bonds. The molecule has 0 spiro atoms. The molecule has 0 radical (unpaired) electrons. The number of aromatic nitrogens is 5. The van der Waals surface area contributed by atoms with Crippen LogP contribution in [-0.2, 0) is 0 Å². The topological polar surface area (TPSA) is 104 Å². The molecular weight excluding hydrogens is 304 g/mol. The van der Waals surface area contributed by atoms with Gasteiger partial charge in [-0.3, -0.25) is 0 Å². The fraction of sp³-hybridized carbons (Fsp3) is 0.188. The molecule has 0 aliphatic heterocycles. The summed E-state index contributed by atoms with van der Waals surface area (Å²) in [4.78, 5) is 4.14. The zero-order valence-corrected chi connectivity index (χ0v) is 13.1. The van der Waals surface area contributed by atoms with Crippen LogP contribution in [0.1, 0.15) is 11.3 Å². The normalized spacial score (nSPS) is 10.2. The first kappa shape index (κ1) is 15.4. The Bertz CT molecular complexity index is 847. The highest BCUT2D eigenvalue weighted by molar-refractivity contribution is 5.51. The van der Waals surface area contributed by atoms with Crippen molar-refractivity contribution in [1.82, 2.24) is 25.0 Å². The van der Waals surface area contributed by atoms with Gasteiger partial charge in [0.25, 0.3) is 0 Å². The summed E-state index contributed by atoms with van der Waals surface area (Å²) in [6.07, 6.45) is 3.49. The minimum Gasteiger partial charge on any atom is -0.367 e. The third kappa shape index (κ3) is 3.64. The SMILES string of the molecule is Cc1ccn(-c2ccc(NCCNc3ncccc3C#N)nn2)n1. The Balaban J connectivity index is 1.51. The maximum Gasteiger partial charge on any atom is 0.175 e. The van der Waals surface area contributed by atoms with Crippen molar-refractivity contribution in [3.05, 3.63) is 54.0 Å². The van der Waals surface area contributed by atoms with E-state index in [4.69, 9.17) is 5.26 Å². The van der Waals surface area contributed by atoms with Crippen molar-refractivity contribution >= 4 is 11.6 Å². The molecule has 8 heteroatoms. The molecule has 0 aliphatic rings. The molecule has 3 heterocycles. The third-order valence-corrected chi connectivity index (χ3v) is 3.26. The summed E-state index contributed by atoms with van der Waals surface area (Å²) in [6.45, 7) is 3.15. The lowest BCUT2D eigenvalue weighted by molar-refractivity contribution is 0.803. The lowest BCUT2D eigenvalue weighted by atomic mass is 10.3. The van der Waals surface area contributed by atoms with Crippen LogP contribution in [0.5, 0.6) is 0 Å². The van der Waals surface area contributed by atoms with Gasteiger partial charge in [-0.1, -0.05) is 0 Å².